The molecule has 0 radical (unpaired) electrons. The summed E-state index contributed by atoms with van der Waals surface area (Å²) >= 11 is 0. The Morgan fingerprint density at radius 3 is 3.06 bits per heavy atom. The monoisotopic (exact) mass is 220 g/mol. The third kappa shape index (κ3) is 1.58. The number of esters is 1. The first-order valence-electron chi connectivity index (χ1n) is 4.91. The molecular formula is C10H12N4O2. The number of fused-ring (bicyclic) bond motifs is 1. The van der Waals surface area contributed by atoms with Crippen molar-refractivity contribution in [3.63, 3.8) is 0 Å². The van der Waals surface area contributed by atoms with Crippen molar-refractivity contribution in [1.82, 2.24) is 14.6 Å². The Morgan fingerprint density at radius 1 is 1.62 bits per heavy atom. The van der Waals surface area contributed by atoms with Gasteiger partial charge in [-0.1, -0.05) is 0 Å². The number of aromatic nitrogens is 3. The fraction of sp³-hybridized carbons (Fsp3) is 0.300. The highest BCUT2D eigenvalue weighted by Gasteiger charge is 2.15. The zero-order valence-corrected chi connectivity index (χ0v) is 9.10. The Bertz CT molecular complexity index is 547. The van der Waals surface area contributed by atoms with Crippen molar-refractivity contribution in [2.75, 3.05) is 12.3 Å². The zero-order valence-electron chi connectivity index (χ0n) is 9.10. The molecule has 0 atom stereocenters. The number of carbonyl (C=O) groups excluding carboxylic acids is 1. The third-order valence-corrected chi connectivity index (χ3v) is 2.14. The standard InChI is InChI=1S/C10H12N4O2/c1-3-16-10(15)7-5-12-8-4-6(2)13-14(8)9(7)11/h4-5H,3,11H2,1-2H3. The molecule has 0 saturated carbocycles. The quantitative estimate of drug-likeness (QED) is 0.757. The molecule has 0 aliphatic carbocycles. The van der Waals surface area contributed by atoms with E-state index in [-0.39, 0.29) is 11.4 Å². The van der Waals surface area contributed by atoms with Gasteiger partial charge >= 0.3 is 5.97 Å². The lowest BCUT2D eigenvalue weighted by molar-refractivity contribution is 0.0526. The largest absolute Gasteiger partial charge is 0.462 e. The van der Waals surface area contributed by atoms with Gasteiger partial charge in [0.25, 0.3) is 0 Å². The van der Waals surface area contributed by atoms with Crippen molar-refractivity contribution >= 4 is 17.4 Å². The van der Waals surface area contributed by atoms with Crippen molar-refractivity contribution in [2.24, 2.45) is 0 Å². The molecule has 6 nitrogen and oxygen atoms in total. The van der Waals surface area contributed by atoms with E-state index < -0.39 is 5.97 Å². The van der Waals surface area contributed by atoms with Crippen molar-refractivity contribution in [2.45, 2.75) is 13.8 Å². The minimum Gasteiger partial charge on any atom is -0.462 e. The van der Waals surface area contributed by atoms with Gasteiger partial charge in [-0.2, -0.15) is 9.61 Å². The average molecular weight is 220 g/mol. The maximum atomic E-state index is 11.5. The normalized spacial score (nSPS) is 10.6. The van der Waals surface area contributed by atoms with E-state index in [1.54, 1.807) is 13.0 Å². The third-order valence-electron chi connectivity index (χ3n) is 2.14. The number of ether oxygens (including phenoxy) is 1. The molecule has 16 heavy (non-hydrogen) atoms. The van der Waals surface area contributed by atoms with Crippen LogP contribution in [0.5, 0.6) is 0 Å². The second kappa shape index (κ2) is 3.80. The van der Waals surface area contributed by atoms with Gasteiger partial charge in [0.2, 0.25) is 0 Å². The number of aryl methyl sites for hydroxylation is 1. The maximum absolute atomic E-state index is 11.5. The van der Waals surface area contributed by atoms with Crippen LogP contribution < -0.4 is 5.73 Å². The molecule has 0 aliphatic rings. The van der Waals surface area contributed by atoms with Gasteiger partial charge in [0.1, 0.15) is 11.4 Å². The molecule has 2 N–H and O–H groups in total. The molecule has 2 heterocycles. The number of nitrogens with two attached hydrogens (primary N) is 1. The molecule has 0 spiro atoms. The van der Waals surface area contributed by atoms with E-state index in [9.17, 15) is 4.79 Å². The second-order valence-electron chi connectivity index (χ2n) is 3.33. The van der Waals surface area contributed by atoms with Crippen LogP contribution in [0.3, 0.4) is 0 Å². The van der Waals surface area contributed by atoms with E-state index in [0.717, 1.165) is 5.69 Å². The summed E-state index contributed by atoms with van der Waals surface area (Å²) in [5, 5.41) is 4.14. The molecule has 0 amide bonds. The first-order valence-corrected chi connectivity index (χ1v) is 4.91. The average Bonchev–Trinajstić information content (AvgIpc) is 2.60. The predicted octanol–water partition coefficient (Wildman–Crippen LogP) is 0.797. The molecule has 0 saturated heterocycles. The lowest BCUT2D eigenvalue weighted by Crippen LogP contribution is -2.12. The van der Waals surface area contributed by atoms with E-state index in [0.29, 0.717) is 12.3 Å². The van der Waals surface area contributed by atoms with Crippen LogP contribution in [0.4, 0.5) is 5.82 Å². The maximum Gasteiger partial charge on any atom is 0.343 e. The van der Waals surface area contributed by atoms with E-state index in [1.165, 1.54) is 10.7 Å². The van der Waals surface area contributed by atoms with Crippen LogP contribution in [-0.2, 0) is 4.74 Å². The summed E-state index contributed by atoms with van der Waals surface area (Å²) in [5.41, 5.74) is 7.46. The number of nitrogens with zero attached hydrogens (tertiary/aromatic N) is 3. The predicted molar refractivity (Wildman–Crippen MR) is 58.1 cm³/mol. The summed E-state index contributed by atoms with van der Waals surface area (Å²) in [6, 6.07) is 1.78. The Morgan fingerprint density at radius 2 is 2.38 bits per heavy atom. The minimum absolute atomic E-state index is 0.234. The summed E-state index contributed by atoms with van der Waals surface area (Å²) in [5.74, 6) is -0.237. The van der Waals surface area contributed by atoms with Crippen molar-refractivity contribution < 1.29 is 9.53 Å². The smallest absolute Gasteiger partial charge is 0.343 e. The molecule has 2 rings (SSSR count). The zero-order chi connectivity index (χ0) is 11.7. The number of anilines is 1. The minimum atomic E-state index is -0.484. The first kappa shape index (κ1) is 10.4. The second-order valence-corrected chi connectivity index (χ2v) is 3.33. The van der Waals surface area contributed by atoms with Crippen molar-refractivity contribution in [1.29, 1.82) is 0 Å². The van der Waals surface area contributed by atoms with E-state index in [4.69, 9.17) is 10.5 Å². The molecule has 2 aromatic heterocycles. The van der Waals surface area contributed by atoms with Gasteiger partial charge in [-0.15, -0.1) is 0 Å². The van der Waals surface area contributed by atoms with E-state index in [1.807, 2.05) is 6.92 Å². The molecule has 0 aliphatic heterocycles. The van der Waals surface area contributed by atoms with Crippen molar-refractivity contribution in [3.05, 3.63) is 23.5 Å². The van der Waals surface area contributed by atoms with Gasteiger partial charge in [0, 0.05) is 12.3 Å². The molecular weight excluding hydrogens is 208 g/mol. The molecule has 0 unspecified atom stereocenters. The van der Waals surface area contributed by atoms with Crippen LogP contribution in [0.2, 0.25) is 0 Å². The van der Waals surface area contributed by atoms with E-state index >= 15 is 0 Å². The topological polar surface area (TPSA) is 82.5 Å². The summed E-state index contributed by atoms with van der Waals surface area (Å²) < 4.78 is 6.30. The van der Waals surface area contributed by atoms with Crippen LogP contribution in [0, 0.1) is 6.92 Å². The highest BCUT2D eigenvalue weighted by atomic mass is 16.5. The van der Waals surface area contributed by atoms with Gasteiger partial charge in [0.15, 0.2) is 5.65 Å². The first-order chi connectivity index (χ1) is 7.63. The fourth-order valence-corrected chi connectivity index (χ4v) is 1.43. The molecule has 84 valence electrons. The van der Waals surface area contributed by atoms with Crippen LogP contribution in [0.25, 0.3) is 5.65 Å². The van der Waals surface area contributed by atoms with Crippen LogP contribution >= 0.6 is 0 Å². The van der Waals surface area contributed by atoms with Gasteiger partial charge in [-0.05, 0) is 13.8 Å². The summed E-state index contributed by atoms with van der Waals surface area (Å²) in [6.07, 6.45) is 1.41. The van der Waals surface area contributed by atoms with E-state index in [2.05, 4.69) is 10.1 Å². The number of carbonyl (C=O) groups is 1. The van der Waals surface area contributed by atoms with Gasteiger partial charge in [-0.25, -0.2) is 9.78 Å². The Balaban J connectivity index is 2.55. The summed E-state index contributed by atoms with van der Waals surface area (Å²) in [4.78, 5) is 15.6. The number of hydrogen-bond acceptors (Lipinski definition) is 5. The lowest BCUT2D eigenvalue weighted by atomic mass is 10.3. The van der Waals surface area contributed by atoms with Gasteiger partial charge in [0.05, 0.1) is 12.3 Å². The van der Waals surface area contributed by atoms with Gasteiger partial charge < -0.3 is 10.5 Å². The Kier molecular flexibility index (Phi) is 2.47. The highest BCUT2D eigenvalue weighted by molar-refractivity contribution is 5.94. The van der Waals surface area contributed by atoms with Crippen LogP contribution in [-0.4, -0.2) is 27.2 Å². The number of rotatable bonds is 2. The Labute approximate surface area is 92.0 Å². The summed E-state index contributed by atoms with van der Waals surface area (Å²) in [6.45, 7) is 3.87. The Hall–Kier alpha value is -2.11. The fourth-order valence-electron chi connectivity index (χ4n) is 1.43. The molecule has 6 heteroatoms. The van der Waals surface area contributed by atoms with Crippen LogP contribution in [0.1, 0.15) is 23.0 Å². The number of nitrogen functional groups attached to an aromatic ring is 1. The lowest BCUT2D eigenvalue weighted by Gasteiger charge is -2.05. The van der Waals surface area contributed by atoms with Crippen LogP contribution in [0.15, 0.2) is 12.3 Å². The van der Waals surface area contributed by atoms with Crippen molar-refractivity contribution in [3.8, 4) is 0 Å². The molecule has 0 bridgehead atoms. The highest BCUT2D eigenvalue weighted by Crippen LogP contribution is 2.14. The molecule has 0 aromatic carbocycles. The molecule has 0 fully saturated rings. The summed E-state index contributed by atoms with van der Waals surface area (Å²) in [7, 11) is 0. The number of hydrogen-bond donors (Lipinski definition) is 1. The molecule has 2 aromatic rings. The van der Waals surface area contributed by atoms with Gasteiger partial charge in [-0.3, -0.25) is 0 Å². The SMILES string of the molecule is CCOC(=O)c1cnc2cc(C)nn2c1N.